The van der Waals surface area contributed by atoms with Crippen LogP contribution >= 0.6 is 0 Å². The van der Waals surface area contributed by atoms with E-state index in [0.717, 1.165) is 24.2 Å². The van der Waals surface area contributed by atoms with Gasteiger partial charge in [0.2, 0.25) is 0 Å². The SMILES string of the molecule is CCC(CC)(CO)Nc1nccn2nccc12. The van der Waals surface area contributed by atoms with E-state index >= 15 is 0 Å². The highest BCUT2D eigenvalue weighted by Crippen LogP contribution is 2.23. The molecule has 2 rings (SSSR count). The Hall–Kier alpha value is -1.62. The Labute approximate surface area is 100 Å². The summed E-state index contributed by atoms with van der Waals surface area (Å²) in [5.41, 5.74) is 0.617. The van der Waals surface area contributed by atoms with Crippen LogP contribution in [0.4, 0.5) is 5.82 Å². The molecule has 2 aromatic rings. The molecule has 0 aromatic carbocycles. The third-order valence-electron chi connectivity index (χ3n) is 3.36. The van der Waals surface area contributed by atoms with Crippen LogP contribution in [0.1, 0.15) is 26.7 Å². The van der Waals surface area contributed by atoms with Gasteiger partial charge in [0.15, 0.2) is 5.82 Å². The van der Waals surface area contributed by atoms with Crippen LogP contribution in [0.5, 0.6) is 0 Å². The van der Waals surface area contributed by atoms with Crippen molar-refractivity contribution >= 4 is 11.3 Å². The van der Waals surface area contributed by atoms with Gasteiger partial charge in [-0.05, 0) is 18.9 Å². The second-order valence-electron chi connectivity index (χ2n) is 4.21. The minimum Gasteiger partial charge on any atom is -0.394 e. The number of aromatic nitrogens is 3. The van der Waals surface area contributed by atoms with Crippen molar-refractivity contribution in [1.82, 2.24) is 14.6 Å². The zero-order chi connectivity index (χ0) is 12.3. The summed E-state index contributed by atoms with van der Waals surface area (Å²) in [5.74, 6) is 0.766. The lowest BCUT2D eigenvalue weighted by Gasteiger charge is -2.31. The molecule has 0 aliphatic heterocycles. The number of anilines is 1. The van der Waals surface area contributed by atoms with E-state index in [4.69, 9.17) is 0 Å². The number of nitrogens with zero attached hydrogens (tertiary/aromatic N) is 3. The molecule has 0 spiro atoms. The van der Waals surface area contributed by atoms with E-state index in [2.05, 4.69) is 29.2 Å². The first-order valence-electron chi connectivity index (χ1n) is 5.92. The van der Waals surface area contributed by atoms with E-state index in [1.54, 1.807) is 23.1 Å². The molecule has 2 aromatic heterocycles. The molecule has 2 heterocycles. The van der Waals surface area contributed by atoms with Crippen LogP contribution < -0.4 is 5.32 Å². The van der Waals surface area contributed by atoms with Crippen molar-refractivity contribution < 1.29 is 5.11 Å². The smallest absolute Gasteiger partial charge is 0.152 e. The Bertz CT molecular complexity index is 482. The average molecular weight is 234 g/mol. The van der Waals surface area contributed by atoms with Crippen LogP contribution in [-0.2, 0) is 0 Å². The first-order valence-corrected chi connectivity index (χ1v) is 5.92. The summed E-state index contributed by atoms with van der Waals surface area (Å²) < 4.78 is 1.77. The lowest BCUT2D eigenvalue weighted by Crippen LogP contribution is -2.41. The third kappa shape index (κ3) is 2.10. The molecule has 5 heteroatoms. The van der Waals surface area contributed by atoms with Gasteiger partial charge in [-0.2, -0.15) is 5.10 Å². The standard InChI is InChI=1S/C12H18N4O/c1-3-12(4-2,9-17)15-11-10-5-6-14-16(10)8-7-13-11/h5-8,17H,3-4,9H2,1-2H3,(H,13,15). The van der Waals surface area contributed by atoms with Gasteiger partial charge in [-0.3, -0.25) is 0 Å². The Morgan fingerprint density at radius 2 is 2.12 bits per heavy atom. The van der Waals surface area contributed by atoms with Crippen molar-refractivity contribution in [2.75, 3.05) is 11.9 Å². The summed E-state index contributed by atoms with van der Waals surface area (Å²) in [5, 5.41) is 17.1. The van der Waals surface area contributed by atoms with Gasteiger partial charge in [-0.25, -0.2) is 9.50 Å². The van der Waals surface area contributed by atoms with Gasteiger partial charge in [0.05, 0.1) is 18.3 Å². The Morgan fingerprint density at radius 3 is 2.76 bits per heavy atom. The van der Waals surface area contributed by atoms with Gasteiger partial charge in [-0.1, -0.05) is 13.8 Å². The van der Waals surface area contributed by atoms with Crippen LogP contribution in [0.15, 0.2) is 24.7 Å². The molecule has 0 radical (unpaired) electrons. The zero-order valence-corrected chi connectivity index (χ0v) is 10.2. The second-order valence-corrected chi connectivity index (χ2v) is 4.21. The number of fused-ring (bicyclic) bond motifs is 1. The monoisotopic (exact) mass is 234 g/mol. The molecule has 0 saturated heterocycles. The second kappa shape index (κ2) is 4.71. The molecule has 2 N–H and O–H groups in total. The fraction of sp³-hybridized carbons (Fsp3) is 0.500. The molecule has 0 aliphatic carbocycles. The number of aliphatic hydroxyl groups excluding tert-OH is 1. The highest BCUT2D eigenvalue weighted by molar-refractivity contribution is 5.67. The predicted octanol–water partition coefficient (Wildman–Crippen LogP) is 1.69. The van der Waals surface area contributed by atoms with Gasteiger partial charge in [0.25, 0.3) is 0 Å². The molecule has 0 aliphatic rings. The van der Waals surface area contributed by atoms with Crippen molar-refractivity contribution in [2.24, 2.45) is 0 Å². The van der Waals surface area contributed by atoms with E-state index in [1.807, 2.05) is 6.07 Å². The topological polar surface area (TPSA) is 62.5 Å². The molecule has 0 amide bonds. The first kappa shape index (κ1) is 11.9. The van der Waals surface area contributed by atoms with E-state index in [1.165, 1.54) is 0 Å². The van der Waals surface area contributed by atoms with Crippen molar-refractivity contribution in [1.29, 1.82) is 0 Å². The lowest BCUT2D eigenvalue weighted by molar-refractivity contribution is 0.202. The van der Waals surface area contributed by atoms with E-state index in [0.29, 0.717) is 0 Å². The number of hydrogen-bond donors (Lipinski definition) is 2. The average Bonchev–Trinajstić information content (AvgIpc) is 2.85. The number of aliphatic hydroxyl groups is 1. The molecule has 0 fully saturated rings. The van der Waals surface area contributed by atoms with Crippen LogP contribution in [0.25, 0.3) is 5.52 Å². The summed E-state index contributed by atoms with van der Waals surface area (Å²) in [4.78, 5) is 4.32. The molecule has 0 saturated carbocycles. The molecule has 5 nitrogen and oxygen atoms in total. The highest BCUT2D eigenvalue weighted by atomic mass is 16.3. The van der Waals surface area contributed by atoms with Crippen LogP contribution in [-0.4, -0.2) is 31.9 Å². The summed E-state index contributed by atoms with van der Waals surface area (Å²) in [6.07, 6.45) is 6.93. The van der Waals surface area contributed by atoms with Crippen molar-refractivity contribution in [3.05, 3.63) is 24.7 Å². The van der Waals surface area contributed by atoms with Gasteiger partial charge in [-0.15, -0.1) is 0 Å². The van der Waals surface area contributed by atoms with Crippen molar-refractivity contribution in [3.8, 4) is 0 Å². The minimum absolute atomic E-state index is 0.0941. The molecule has 0 atom stereocenters. The maximum absolute atomic E-state index is 9.55. The fourth-order valence-electron chi connectivity index (χ4n) is 1.90. The zero-order valence-electron chi connectivity index (χ0n) is 10.2. The van der Waals surface area contributed by atoms with Crippen LogP contribution in [0.3, 0.4) is 0 Å². The first-order chi connectivity index (χ1) is 8.24. The lowest BCUT2D eigenvalue weighted by atomic mass is 9.94. The van der Waals surface area contributed by atoms with Gasteiger partial charge >= 0.3 is 0 Å². The number of hydrogen-bond acceptors (Lipinski definition) is 4. The summed E-state index contributed by atoms with van der Waals surface area (Å²) in [7, 11) is 0. The van der Waals surface area contributed by atoms with Crippen molar-refractivity contribution in [3.63, 3.8) is 0 Å². The fourth-order valence-corrected chi connectivity index (χ4v) is 1.90. The molecular formula is C12H18N4O. The molecule has 17 heavy (non-hydrogen) atoms. The maximum Gasteiger partial charge on any atom is 0.152 e. The normalized spacial score (nSPS) is 11.9. The molecular weight excluding hydrogens is 216 g/mol. The summed E-state index contributed by atoms with van der Waals surface area (Å²) in [6.45, 7) is 4.21. The van der Waals surface area contributed by atoms with Gasteiger partial charge < -0.3 is 10.4 Å². The van der Waals surface area contributed by atoms with E-state index in [-0.39, 0.29) is 12.1 Å². The minimum atomic E-state index is -0.306. The maximum atomic E-state index is 9.55. The van der Waals surface area contributed by atoms with Crippen LogP contribution in [0, 0.1) is 0 Å². The quantitative estimate of drug-likeness (QED) is 0.826. The Balaban J connectivity index is 2.37. The van der Waals surface area contributed by atoms with Gasteiger partial charge in [0.1, 0.15) is 5.52 Å². The summed E-state index contributed by atoms with van der Waals surface area (Å²) in [6, 6.07) is 1.91. The third-order valence-corrected chi connectivity index (χ3v) is 3.36. The Morgan fingerprint density at radius 1 is 1.35 bits per heavy atom. The highest BCUT2D eigenvalue weighted by Gasteiger charge is 2.26. The van der Waals surface area contributed by atoms with Crippen LogP contribution in [0.2, 0.25) is 0 Å². The predicted molar refractivity (Wildman–Crippen MR) is 67.0 cm³/mol. The number of rotatable bonds is 5. The summed E-state index contributed by atoms with van der Waals surface area (Å²) >= 11 is 0. The van der Waals surface area contributed by atoms with E-state index in [9.17, 15) is 5.11 Å². The molecule has 92 valence electrons. The van der Waals surface area contributed by atoms with Crippen molar-refractivity contribution in [2.45, 2.75) is 32.2 Å². The Kier molecular flexibility index (Phi) is 3.28. The van der Waals surface area contributed by atoms with E-state index < -0.39 is 0 Å². The molecule has 0 bridgehead atoms. The largest absolute Gasteiger partial charge is 0.394 e. The molecule has 0 unspecified atom stereocenters. The van der Waals surface area contributed by atoms with Gasteiger partial charge in [0, 0.05) is 12.4 Å². The number of nitrogens with one attached hydrogen (secondary N) is 1.